The van der Waals surface area contributed by atoms with Crippen molar-refractivity contribution in [3.63, 3.8) is 0 Å². The van der Waals surface area contributed by atoms with E-state index in [0.29, 0.717) is 0 Å². The van der Waals surface area contributed by atoms with Crippen molar-refractivity contribution in [2.75, 3.05) is 0 Å². The van der Waals surface area contributed by atoms with E-state index >= 15 is 0 Å². The molecule has 68 valence electrons. The minimum atomic E-state index is 1.08. The Morgan fingerprint density at radius 1 is 0.923 bits per heavy atom. The maximum absolute atomic E-state index is 3.71. The summed E-state index contributed by atoms with van der Waals surface area (Å²) in [5.41, 5.74) is 1.08. The first-order chi connectivity index (χ1) is 6.47. The Hall–Kier alpha value is -1.64. The van der Waals surface area contributed by atoms with Crippen LogP contribution in [-0.2, 0) is 0 Å². The zero-order valence-electron chi connectivity index (χ0n) is 7.88. The second-order valence-corrected chi connectivity index (χ2v) is 2.20. The molecule has 1 aromatic carbocycles. The molecule has 0 saturated carbocycles. The number of rotatable bonds is 1. The molecule has 13 heavy (non-hydrogen) atoms. The molecule has 0 fully saturated rings. The van der Waals surface area contributed by atoms with Crippen LogP contribution in [0.15, 0.2) is 43.0 Å². The third-order valence-corrected chi connectivity index (χ3v) is 1.47. The summed E-state index contributed by atoms with van der Waals surface area (Å²) in [5.74, 6) is 0. The number of aromatic nitrogens is 3. The minimum Gasteiger partial charge on any atom is -0.288 e. The van der Waals surface area contributed by atoms with Gasteiger partial charge in [-0.3, -0.25) is 4.57 Å². The van der Waals surface area contributed by atoms with Crippen LogP contribution in [0.25, 0.3) is 5.69 Å². The van der Waals surface area contributed by atoms with Crippen LogP contribution in [0.2, 0.25) is 0 Å². The highest BCUT2D eigenvalue weighted by molar-refractivity contribution is 5.29. The van der Waals surface area contributed by atoms with Crippen LogP contribution in [0.3, 0.4) is 0 Å². The van der Waals surface area contributed by atoms with Crippen LogP contribution in [0.4, 0.5) is 0 Å². The van der Waals surface area contributed by atoms with Crippen LogP contribution in [-0.4, -0.2) is 14.8 Å². The molecule has 0 aliphatic carbocycles. The van der Waals surface area contributed by atoms with Gasteiger partial charge in [0.1, 0.15) is 12.7 Å². The Bertz CT molecular complexity index is 313. The third kappa shape index (κ3) is 2.40. The molecule has 0 aliphatic rings. The van der Waals surface area contributed by atoms with Gasteiger partial charge in [0.05, 0.1) is 0 Å². The lowest BCUT2D eigenvalue weighted by atomic mass is 10.3. The van der Waals surface area contributed by atoms with Gasteiger partial charge >= 0.3 is 0 Å². The predicted molar refractivity (Wildman–Crippen MR) is 52.7 cm³/mol. The fourth-order valence-corrected chi connectivity index (χ4v) is 0.934. The Morgan fingerprint density at radius 2 is 1.46 bits per heavy atom. The average Bonchev–Trinajstić information content (AvgIpc) is 2.75. The summed E-state index contributed by atoms with van der Waals surface area (Å²) in [4.78, 5) is 0. The molecule has 3 heteroatoms. The SMILES string of the molecule is CC.c1ccc(-n2cnnc2)cc1. The summed E-state index contributed by atoms with van der Waals surface area (Å²) in [6.07, 6.45) is 3.35. The number of benzene rings is 1. The van der Waals surface area contributed by atoms with E-state index in [-0.39, 0.29) is 0 Å². The second-order valence-electron chi connectivity index (χ2n) is 2.20. The summed E-state index contributed by atoms with van der Waals surface area (Å²) in [5, 5.41) is 7.42. The third-order valence-electron chi connectivity index (χ3n) is 1.47. The highest BCUT2D eigenvalue weighted by Gasteiger charge is 1.90. The molecule has 2 aromatic rings. The van der Waals surface area contributed by atoms with Gasteiger partial charge in [0.2, 0.25) is 0 Å². The van der Waals surface area contributed by atoms with Gasteiger partial charge in [-0.25, -0.2) is 0 Å². The van der Waals surface area contributed by atoms with E-state index in [9.17, 15) is 0 Å². The highest BCUT2D eigenvalue weighted by Crippen LogP contribution is 2.03. The van der Waals surface area contributed by atoms with Crippen molar-refractivity contribution < 1.29 is 0 Å². The fraction of sp³-hybridized carbons (Fsp3) is 0.200. The Labute approximate surface area is 78.1 Å². The van der Waals surface area contributed by atoms with E-state index < -0.39 is 0 Å². The number of hydrogen-bond acceptors (Lipinski definition) is 2. The van der Waals surface area contributed by atoms with Crippen molar-refractivity contribution in [1.82, 2.24) is 14.8 Å². The standard InChI is InChI=1S/C8H7N3.C2H6/c1-2-4-8(5-3-1)11-6-9-10-7-11;1-2/h1-7H;1-2H3. The highest BCUT2D eigenvalue weighted by atomic mass is 15.2. The maximum atomic E-state index is 3.71. The van der Waals surface area contributed by atoms with E-state index in [1.165, 1.54) is 0 Å². The Morgan fingerprint density at radius 3 is 2.00 bits per heavy atom. The molecule has 0 unspecified atom stereocenters. The molecule has 0 spiro atoms. The molecule has 0 atom stereocenters. The molecule has 3 nitrogen and oxygen atoms in total. The molecule has 1 heterocycles. The monoisotopic (exact) mass is 175 g/mol. The van der Waals surface area contributed by atoms with Crippen molar-refractivity contribution >= 4 is 0 Å². The summed E-state index contributed by atoms with van der Waals surface area (Å²) < 4.78 is 1.86. The zero-order chi connectivity index (χ0) is 9.52. The second kappa shape index (κ2) is 5.09. The molecule has 0 N–H and O–H groups in total. The van der Waals surface area contributed by atoms with Gasteiger partial charge in [-0.1, -0.05) is 32.0 Å². The van der Waals surface area contributed by atoms with E-state index in [4.69, 9.17) is 0 Å². The van der Waals surface area contributed by atoms with Gasteiger partial charge in [0.15, 0.2) is 0 Å². The van der Waals surface area contributed by atoms with Crippen molar-refractivity contribution in [2.45, 2.75) is 13.8 Å². The van der Waals surface area contributed by atoms with Crippen molar-refractivity contribution in [1.29, 1.82) is 0 Å². The van der Waals surface area contributed by atoms with Gasteiger partial charge in [-0.2, -0.15) is 0 Å². The Kier molecular flexibility index (Phi) is 3.70. The van der Waals surface area contributed by atoms with E-state index in [1.54, 1.807) is 12.7 Å². The number of hydrogen-bond donors (Lipinski definition) is 0. The van der Waals surface area contributed by atoms with Gasteiger partial charge in [0, 0.05) is 5.69 Å². The molecule has 0 aliphatic heterocycles. The summed E-state index contributed by atoms with van der Waals surface area (Å²) in [6, 6.07) is 9.95. The van der Waals surface area contributed by atoms with Crippen molar-refractivity contribution in [3.8, 4) is 5.69 Å². The number of nitrogens with zero attached hydrogens (tertiary/aromatic N) is 3. The first-order valence-electron chi connectivity index (χ1n) is 4.37. The molecular formula is C10H13N3. The first kappa shape index (κ1) is 9.45. The average molecular weight is 175 g/mol. The van der Waals surface area contributed by atoms with Gasteiger partial charge in [-0.15, -0.1) is 10.2 Å². The normalized spacial score (nSPS) is 8.77. The van der Waals surface area contributed by atoms with E-state index in [2.05, 4.69) is 10.2 Å². The van der Waals surface area contributed by atoms with Crippen LogP contribution >= 0.6 is 0 Å². The largest absolute Gasteiger partial charge is 0.288 e. The zero-order valence-corrected chi connectivity index (χ0v) is 7.88. The number of para-hydroxylation sites is 1. The molecular weight excluding hydrogens is 162 g/mol. The predicted octanol–water partition coefficient (Wildman–Crippen LogP) is 2.29. The van der Waals surface area contributed by atoms with Gasteiger partial charge in [-0.05, 0) is 12.1 Å². The van der Waals surface area contributed by atoms with Gasteiger partial charge < -0.3 is 0 Å². The van der Waals surface area contributed by atoms with Gasteiger partial charge in [0.25, 0.3) is 0 Å². The van der Waals surface area contributed by atoms with Crippen molar-refractivity contribution in [2.24, 2.45) is 0 Å². The van der Waals surface area contributed by atoms with Crippen LogP contribution in [0.5, 0.6) is 0 Å². The minimum absolute atomic E-state index is 1.08. The van der Waals surface area contributed by atoms with E-state index in [1.807, 2.05) is 48.7 Å². The van der Waals surface area contributed by atoms with E-state index in [0.717, 1.165) is 5.69 Å². The van der Waals surface area contributed by atoms with Crippen molar-refractivity contribution in [3.05, 3.63) is 43.0 Å². The first-order valence-corrected chi connectivity index (χ1v) is 4.37. The van der Waals surface area contributed by atoms with Crippen LogP contribution < -0.4 is 0 Å². The topological polar surface area (TPSA) is 30.7 Å². The summed E-state index contributed by atoms with van der Waals surface area (Å²) >= 11 is 0. The van der Waals surface area contributed by atoms with Crippen LogP contribution in [0, 0.1) is 0 Å². The molecule has 0 amide bonds. The quantitative estimate of drug-likeness (QED) is 0.665. The molecule has 1 aromatic heterocycles. The molecule has 0 bridgehead atoms. The van der Waals surface area contributed by atoms with Crippen LogP contribution in [0.1, 0.15) is 13.8 Å². The lowest BCUT2D eigenvalue weighted by molar-refractivity contribution is 1.06. The molecule has 0 saturated heterocycles. The Balaban J connectivity index is 0.000000396. The molecule has 2 rings (SSSR count). The smallest absolute Gasteiger partial charge is 0.123 e. The molecule has 0 radical (unpaired) electrons. The maximum Gasteiger partial charge on any atom is 0.123 e. The lowest BCUT2D eigenvalue weighted by Crippen LogP contribution is -1.87. The summed E-state index contributed by atoms with van der Waals surface area (Å²) in [7, 11) is 0. The lowest BCUT2D eigenvalue weighted by Gasteiger charge is -1.97. The summed E-state index contributed by atoms with van der Waals surface area (Å²) in [6.45, 7) is 4.00. The fourth-order valence-electron chi connectivity index (χ4n) is 0.934.